The highest BCUT2D eigenvalue weighted by Crippen LogP contribution is 2.32. The van der Waals surface area contributed by atoms with Crippen LogP contribution in [-0.4, -0.2) is 23.2 Å². The highest BCUT2D eigenvalue weighted by Gasteiger charge is 2.20. The molecule has 2 aromatic rings. The van der Waals surface area contributed by atoms with Crippen molar-refractivity contribution in [2.45, 2.75) is 31.9 Å². The Morgan fingerprint density at radius 2 is 2.14 bits per heavy atom. The molecule has 0 fully saturated rings. The van der Waals surface area contributed by atoms with Gasteiger partial charge in [-0.25, -0.2) is 0 Å². The predicted octanol–water partition coefficient (Wildman–Crippen LogP) is 2.93. The Morgan fingerprint density at radius 1 is 1.32 bits per heavy atom. The Labute approximate surface area is 131 Å². The van der Waals surface area contributed by atoms with E-state index in [-0.39, 0.29) is 6.04 Å². The van der Waals surface area contributed by atoms with Crippen molar-refractivity contribution in [1.82, 2.24) is 10.3 Å². The summed E-state index contributed by atoms with van der Waals surface area (Å²) in [5.74, 6) is 0.957. The highest BCUT2D eigenvalue weighted by molar-refractivity contribution is 5.39. The zero-order valence-corrected chi connectivity index (χ0v) is 12.8. The fourth-order valence-corrected chi connectivity index (χ4v) is 2.87. The minimum atomic E-state index is -0.527. The quantitative estimate of drug-likeness (QED) is 0.911. The van der Waals surface area contributed by atoms with Gasteiger partial charge in [-0.05, 0) is 43.5 Å². The van der Waals surface area contributed by atoms with E-state index in [1.54, 1.807) is 12.4 Å². The topological polar surface area (TPSA) is 54.4 Å². The smallest absolute Gasteiger partial charge is 0.124 e. The molecule has 0 aliphatic carbocycles. The molecule has 4 nitrogen and oxygen atoms in total. The standard InChI is InChI=1S/C18H22N2O2/c1-13-4-5-18-15(11-13)16(3-2-10-22-18)20-12-17(21)14-6-8-19-9-7-14/h4-9,11,16-17,20-21H,2-3,10,12H2,1H3. The van der Waals surface area contributed by atoms with Crippen molar-refractivity contribution in [3.8, 4) is 5.75 Å². The number of aromatic nitrogens is 1. The monoisotopic (exact) mass is 298 g/mol. The van der Waals surface area contributed by atoms with E-state index in [1.807, 2.05) is 18.2 Å². The number of fused-ring (bicyclic) bond motifs is 1. The fourth-order valence-electron chi connectivity index (χ4n) is 2.87. The normalized spacial score (nSPS) is 18.9. The summed E-state index contributed by atoms with van der Waals surface area (Å²) in [4.78, 5) is 3.98. The van der Waals surface area contributed by atoms with Crippen LogP contribution in [0.25, 0.3) is 0 Å². The molecule has 0 bridgehead atoms. The van der Waals surface area contributed by atoms with Gasteiger partial charge >= 0.3 is 0 Å². The van der Waals surface area contributed by atoms with Crippen molar-refractivity contribution in [2.75, 3.05) is 13.2 Å². The number of benzene rings is 1. The maximum absolute atomic E-state index is 10.3. The molecule has 22 heavy (non-hydrogen) atoms. The minimum absolute atomic E-state index is 0.217. The zero-order valence-electron chi connectivity index (χ0n) is 12.8. The third-order valence-corrected chi connectivity index (χ3v) is 4.08. The second-order valence-corrected chi connectivity index (χ2v) is 5.79. The summed E-state index contributed by atoms with van der Waals surface area (Å²) in [6.07, 6.45) is 4.91. The van der Waals surface area contributed by atoms with E-state index in [2.05, 4.69) is 29.4 Å². The van der Waals surface area contributed by atoms with Gasteiger partial charge < -0.3 is 15.2 Å². The molecule has 0 saturated heterocycles. The minimum Gasteiger partial charge on any atom is -0.493 e. The van der Waals surface area contributed by atoms with E-state index >= 15 is 0 Å². The Bertz CT molecular complexity index is 616. The lowest BCUT2D eigenvalue weighted by molar-refractivity contribution is 0.169. The van der Waals surface area contributed by atoms with E-state index in [9.17, 15) is 5.11 Å². The van der Waals surface area contributed by atoms with Gasteiger partial charge in [-0.3, -0.25) is 4.98 Å². The molecular weight excluding hydrogens is 276 g/mol. The highest BCUT2D eigenvalue weighted by atomic mass is 16.5. The second kappa shape index (κ2) is 6.90. The first kappa shape index (κ1) is 15.0. The number of nitrogens with one attached hydrogen (secondary N) is 1. The zero-order chi connectivity index (χ0) is 15.4. The molecule has 2 N–H and O–H groups in total. The van der Waals surface area contributed by atoms with Crippen LogP contribution in [0.1, 0.15) is 41.7 Å². The van der Waals surface area contributed by atoms with Crippen LogP contribution in [0.4, 0.5) is 0 Å². The van der Waals surface area contributed by atoms with Crippen molar-refractivity contribution in [2.24, 2.45) is 0 Å². The lowest BCUT2D eigenvalue weighted by Gasteiger charge is -2.21. The number of nitrogens with zero attached hydrogens (tertiary/aromatic N) is 1. The number of hydrogen-bond donors (Lipinski definition) is 2. The third kappa shape index (κ3) is 3.46. The predicted molar refractivity (Wildman–Crippen MR) is 85.8 cm³/mol. The maximum atomic E-state index is 10.3. The molecule has 0 amide bonds. The van der Waals surface area contributed by atoms with Crippen molar-refractivity contribution in [1.29, 1.82) is 0 Å². The van der Waals surface area contributed by atoms with Gasteiger partial charge in [0, 0.05) is 30.5 Å². The van der Waals surface area contributed by atoms with Crippen molar-refractivity contribution in [3.05, 3.63) is 59.4 Å². The molecule has 0 saturated carbocycles. The molecular formula is C18H22N2O2. The maximum Gasteiger partial charge on any atom is 0.124 e. The Balaban J connectivity index is 1.71. The van der Waals surface area contributed by atoms with Crippen LogP contribution in [0.3, 0.4) is 0 Å². The molecule has 1 aliphatic heterocycles. The summed E-state index contributed by atoms with van der Waals surface area (Å²) in [6.45, 7) is 3.36. The van der Waals surface area contributed by atoms with E-state index < -0.39 is 6.10 Å². The summed E-state index contributed by atoms with van der Waals surface area (Å²) in [5, 5.41) is 13.8. The molecule has 1 aromatic carbocycles. The first-order valence-electron chi connectivity index (χ1n) is 7.79. The Kier molecular flexibility index (Phi) is 4.71. The molecule has 0 spiro atoms. The molecule has 2 heterocycles. The summed E-state index contributed by atoms with van der Waals surface area (Å²) >= 11 is 0. The van der Waals surface area contributed by atoms with Gasteiger partial charge in [0.05, 0.1) is 12.7 Å². The number of aliphatic hydroxyl groups is 1. The summed E-state index contributed by atoms with van der Waals surface area (Å²) < 4.78 is 5.81. The third-order valence-electron chi connectivity index (χ3n) is 4.08. The van der Waals surface area contributed by atoms with Gasteiger partial charge in [0.25, 0.3) is 0 Å². The molecule has 0 radical (unpaired) electrons. The first-order valence-corrected chi connectivity index (χ1v) is 7.79. The summed E-state index contributed by atoms with van der Waals surface area (Å²) in [7, 11) is 0. The largest absolute Gasteiger partial charge is 0.493 e. The average molecular weight is 298 g/mol. The van der Waals surface area contributed by atoms with Crippen molar-refractivity contribution < 1.29 is 9.84 Å². The molecule has 2 atom stereocenters. The second-order valence-electron chi connectivity index (χ2n) is 5.79. The lowest BCUT2D eigenvalue weighted by Crippen LogP contribution is -2.26. The fraction of sp³-hybridized carbons (Fsp3) is 0.389. The molecule has 4 heteroatoms. The van der Waals surface area contributed by atoms with E-state index in [0.29, 0.717) is 6.54 Å². The van der Waals surface area contributed by atoms with Crippen LogP contribution in [-0.2, 0) is 0 Å². The van der Waals surface area contributed by atoms with Gasteiger partial charge in [0.1, 0.15) is 5.75 Å². The van der Waals surface area contributed by atoms with Crippen molar-refractivity contribution >= 4 is 0 Å². The SMILES string of the molecule is Cc1ccc2c(c1)C(NCC(O)c1ccncc1)CCCO2. The Hall–Kier alpha value is -1.91. The van der Waals surface area contributed by atoms with E-state index in [4.69, 9.17) is 4.74 Å². The number of aryl methyl sites for hydroxylation is 1. The molecule has 1 aromatic heterocycles. The van der Waals surface area contributed by atoms with E-state index in [1.165, 1.54) is 11.1 Å². The number of hydrogen-bond acceptors (Lipinski definition) is 4. The molecule has 2 unspecified atom stereocenters. The van der Waals surface area contributed by atoms with E-state index in [0.717, 1.165) is 30.8 Å². The average Bonchev–Trinajstić information content (AvgIpc) is 2.75. The van der Waals surface area contributed by atoms with Gasteiger partial charge in [0.2, 0.25) is 0 Å². The van der Waals surface area contributed by atoms with Gasteiger partial charge in [-0.1, -0.05) is 17.7 Å². The van der Waals surface area contributed by atoms with Crippen LogP contribution in [0.2, 0.25) is 0 Å². The molecule has 1 aliphatic rings. The van der Waals surface area contributed by atoms with Crippen LogP contribution in [0.15, 0.2) is 42.7 Å². The number of rotatable bonds is 4. The van der Waals surface area contributed by atoms with Gasteiger partial charge in [-0.15, -0.1) is 0 Å². The van der Waals surface area contributed by atoms with Crippen LogP contribution >= 0.6 is 0 Å². The van der Waals surface area contributed by atoms with Crippen LogP contribution in [0.5, 0.6) is 5.75 Å². The molecule has 3 rings (SSSR count). The first-order chi connectivity index (χ1) is 10.7. The molecule has 116 valence electrons. The van der Waals surface area contributed by atoms with Gasteiger partial charge in [0.15, 0.2) is 0 Å². The summed E-state index contributed by atoms with van der Waals surface area (Å²) in [6, 6.07) is 10.2. The number of ether oxygens (including phenoxy) is 1. The van der Waals surface area contributed by atoms with Crippen LogP contribution in [0, 0.1) is 6.92 Å². The lowest BCUT2D eigenvalue weighted by atomic mass is 9.99. The number of aliphatic hydroxyl groups excluding tert-OH is 1. The van der Waals surface area contributed by atoms with Gasteiger partial charge in [-0.2, -0.15) is 0 Å². The van der Waals surface area contributed by atoms with Crippen molar-refractivity contribution in [3.63, 3.8) is 0 Å². The van der Waals surface area contributed by atoms with Crippen LogP contribution < -0.4 is 10.1 Å². The Morgan fingerprint density at radius 3 is 2.95 bits per heavy atom. The number of pyridine rings is 1. The summed E-state index contributed by atoms with van der Waals surface area (Å²) in [5.41, 5.74) is 3.31.